The topological polar surface area (TPSA) is 44.8 Å². The average molecular weight is 404 g/mol. The highest BCUT2D eigenvalue weighted by molar-refractivity contribution is 5.85. The minimum absolute atomic E-state index is 0. The molecule has 3 rings (SSSR count). The summed E-state index contributed by atoms with van der Waals surface area (Å²) in [6, 6.07) is 10.5. The predicted molar refractivity (Wildman–Crippen MR) is 109 cm³/mol. The van der Waals surface area contributed by atoms with E-state index < -0.39 is 0 Å². The number of likely N-dealkylation sites (tertiary alicyclic amines) is 1. The Labute approximate surface area is 169 Å². The van der Waals surface area contributed by atoms with Crippen molar-refractivity contribution in [2.75, 3.05) is 46.4 Å². The third-order valence-corrected chi connectivity index (χ3v) is 5.01. The van der Waals surface area contributed by atoms with Crippen LogP contribution in [0, 0.1) is 5.92 Å². The average Bonchev–Trinajstić information content (AvgIpc) is 3.05. The summed E-state index contributed by atoms with van der Waals surface area (Å²) in [5.74, 6) is 0.848. The molecule has 2 saturated heterocycles. The van der Waals surface area contributed by atoms with Crippen molar-refractivity contribution in [3.63, 3.8) is 0 Å². The maximum absolute atomic E-state index is 12.5. The summed E-state index contributed by atoms with van der Waals surface area (Å²) in [5, 5.41) is 3.21. The molecule has 1 aromatic rings. The fraction of sp³-hybridized carbons (Fsp3) is 0.632. The van der Waals surface area contributed by atoms with Crippen molar-refractivity contribution in [2.45, 2.75) is 25.5 Å². The summed E-state index contributed by atoms with van der Waals surface area (Å²) >= 11 is 0. The van der Waals surface area contributed by atoms with Gasteiger partial charge in [0, 0.05) is 32.7 Å². The molecule has 2 aliphatic heterocycles. The van der Waals surface area contributed by atoms with Gasteiger partial charge in [-0.05, 0) is 31.5 Å². The lowest BCUT2D eigenvalue weighted by molar-refractivity contribution is -0.135. The second-order valence-corrected chi connectivity index (χ2v) is 6.97. The Kier molecular flexibility index (Phi) is 10.5. The Morgan fingerprint density at radius 2 is 1.96 bits per heavy atom. The van der Waals surface area contributed by atoms with Crippen molar-refractivity contribution in [1.82, 2.24) is 15.1 Å². The lowest BCUT2D eigenvalue weighted by Crippen LogP contribution is -2.44. The number of amides is 1. The molecule has 0 spiro atoms. The molecule has 0 saturated carbocycles. The Morgan fingerprint density at radius 1 is 1.19 bits per heavy atom. The molecule has 148 valence electrons. The summed E-state index contributed by atoms with van der Waals surface area (Å²) < 4.78 is 5.85. The molecule has 0 aromatic heterocycles. The molecule has 0 aliphatic carbocycles. The second kappa shape index (κ2) is 11.8. The number of rotatable bonds is 6. The van der Waals surface area contributed by atoms with Crippen LogP contribution in [0.15, 0.2) is 30.3 Å². The first kappa shape index (κ1) is 23.2. The van der Waals surface area contributed by atoms with Crippen LogP contribution in [-0.4, -0.2) is 68.2 Å². The zero-order chi connectivity index (χ0) is 16.8. The van der Waals surface area contributed by atoms with Gasteiger partial charge in [-0.25, -0.2) is 0 Å². The van der Waals surface area contributed by atoms with Gasteiger partial charge in [0.15, 0.2) is 0 Å². The molecule has 2 aliphatic rings. The molecular formula is C19H31Cl2N3O2. The van der Waals surface area contributed by atoms with Gasteiger partial charge in [0.1, 0.15) is 0 Å². The fourth-order valence-electron chi connectivity index (χ4n) is 3.73. The highest BCUT2D eigenvalue weighted by atomic mass is 35.5. The van der Waals surface area contributed by atoms with Gasteiger partial charge in [-0.2, -0.15) is 0 Å². The number of carbonyl (C=O) groups excluding carboxylic acids is 1. The quantitative estimate of drug-likeness (QED) is 0.790. The van der Waals surface area contributed by atoms with Gasteiger partial charge in [-0.3, -0.25) is 9.69 Å². The number of hydrogen-bond donors (Lipinski definition) is 1. The van der Waals surface area contributed by atoms with Gasteiger partial charge in [0.05, 0.1) is 19.1 Å². The lowest BCUT2D eigenvalue weighted by atomic mass is 10.1. The molecule has 2 atom stereocenters. The van der Waals surface area contributed by atoms with Crippen LogP contribution in [0.4, 0.5) is 0 Å². The van der Waals surface area contributed by atoms with Crippen LogP contribution < -0.4 is 5.32 Å². The van der Waals surface area contributed by atoms with Gasteiger partial charge in [0.2, 0.25) is 5.91 Å². The second-order valence-electron chi connectivity index (χ2n) is 6.97. The monoisotopic (exact) mass is 403 g/mol. The van der Waals surface area contributed by atoms with E-state index in [1.165, 1.54) is 5.56 Å². The van der Waals surface area contributed by atoms with Gasteiger partial charge in [-0.15, -0.1) is 24.8 Å². The van der Waals surface area contributed by atoms with Crippen LogP contribution in [0.1, 0.15) is 18.4 Å². The molecule has 7 heteroatoms. The molecule has 0 bridgehead atoms. The summed E-state index contributed by atoms with van der Waals surface area (Å²) in [6.07, 6.45) is 1.65. The summed E-state index contributed by atoms with van der Waals surface area (Å²) in [7, 11) is 1.97. The van der Waals surface area contributed by atoms with Crippen LogP contribution in [0.3, 0.4) is 0 Å². The summed E-state index contributed by atoms with van der Waals surface area (Å²) in [4.78, 5) is 16.9. The van der Waals surface area contributed by atoms with Crippen LogP contribution in [0.25, 0.3) is 0 Å². The number of morpholine rings is 1. The van der Waals surface area contributed by atoms with E-state index >= 15 is 0 Å². The van der Waals surface area contributed by atoms with E-state index in [1.807, 2.05) is 18.0 Å². The summed E-state index contributed by atoms with van der Waals surface area (Å²) in [6.45, 7) is 6.21. The number of halogens is 2. The van der Waals surface area contributed by atoms with E-state index in [9.17, 15) is 4.79 Å². The van der Waals surface area contributed by atoms with E-state index in [1.54, 1.807) is 0 Å². The van der Waals surface area contributed by atoms with E-state index in [2.05, 4.69) is 34.5 Å². The minimum atomic E-state index is 0. The van der Waals surface area contributed by atoms with Crippen molar-refractivity contribution in [1.29, 1.82) is 0 Å². The number of benzene rings is 1. The largest absolute Gasteiger partial charge is 0.375 e. The van der Waals surface area contributed by atoms with Crippen LogP contribution in [0.5, 0.6) is 0 Å². The van der Waals surface area contributed by atoms with Gasteiger partial charge in [0.25, 0.3) is 0 Å². The molecule has 0 radical (unpaired) electrons. The Balaban J connectivity index is 0.00000169. The molecule has 1 aromatic carbocycles. The van der Waals surface area contributed by atoms with E-state index in [-0.39, 0.29) is 36.8 Å². The molecule has 2 unspecified atom stereocenters. The zero-order valence-electron chi connectivity index (χ0n) is 15.4. The Morgan fingerprint density at radius 3 is 2.69 bits per heavy atom. The normalized spacial score (nSPS) is 23.2. The highest BCUT2D eigenvalue weighted by Crippen LogP contribution is 2.19. The molecule has 26 heavy (non-hydrogen) atoms. The van der Waals surface area contributed by atoms with Gasteiger partial charge < -0.3 is 15.0 Å². The highest BCUT2D eigenvalue weighted by Gasteiger charge is 2.29. The maximum atomic E-state index is 12.5. The smallest absolute Gasteiger partial charge is 0.225 e. The zero-order valence-corrected chi connectivity index (χ0v) is 17.1. The first-order valence-corrected chi connectivity index (χ1v) is 9.05. The first-order valence-electron chi connectivity index (χ1n) is 9.05. The molecule has 2 heterocycles. The van der Waals surface area contributed by atoms with Crippen LogP contribution >= 0.6 is 24.8 Å². The third-order valence-electron chi connectivity index (χ3n) is 5.01. The SMILES string of the molecule is CNCC1CCN(C(=O)CC2CN(Cc3ccccc3)CCO2)C1.Cl.Cl. The molecule has 1 amide bonds. The van der Waals surface area contributed by atoms with E-state index in [0.717, 1.165) is 45.7 Å². The molecule has 5 nitrogen and oxygen atoms in total. The summed E-state index contributed by atoms with van der Waals surface area (Å²) in [5.41, 5.74) is 1.32. The van der Waals surface area contributed by atoms with Crippen molar-refractivity contribution < 1.29 is 9.53 Å². The number of carbonyl (C=O) groups is 1. The van der Waals surface area contributed by atoms with Crippen molar-refractivity contribution in [3.05, 3.63) is 35.9 Å². The molecule has 1 N–H and O–H groups in total. The van der Waals surface area contributed by atoms with Crippen LogP contribution in [-0.2, 0) is 16.1 Å². The number of nitrogens with zero attached hydrogens (tertiary/aromatic N) is 2. The maximum Gasteiger partial charge on any atom is 0.225 e. The molecular weight excluding hydrogens is 373 g/mol. The standard InChI is InChI=1S/C19H29N3O2.2ClH/c1-20-12-17-7-8-22(14-17)19(23)11-18-15-21(9-10-24-18)13-16-5-3-2-4-6-16;;/h2-6,17-18,20H,7-15H2,1H3;2*1H. The van der Waals surface area contributed by atoms with Crippen molar-refractivity contribution in [2.24, 2.45) is 5.92 Å². The van der Waals surface area contributed by atoms with E-state index in [4.69, 9.17) is 4.74 Å². The Hall–Kier alpha value is -0.850. The fourth-order valence-corrected chi connectivity index (χ4v) is 3.73. The molecule has 2 fully saturated rings. The Bertz CT molecular complexity index is 533. The first-order chi connectivity index (χ1) is 11.7. The third kappa shape index (κ3) is 6.71. The van der Waals surface area contributed by atoms with Crippen molar-refractivity contribution >= 4 is 30.7 Å². The number of hydrogen-bond acceptors (Lipinski definition) is 4. The number of ether oxygens (including phenoxy) is 1. The van der Waals surface area contributed by atoms with E-state index in [0.29, 0.717) is 18.9 Å². The number of nitrogens with one attached hydrogen (secondary N) is 1. The van der Waals surface area contributed by atoms with Gasteiger partial charge in [-0.1, -0.05) is 30.3 Å². The minimum Gasteiger partial charge on any atom is -0.375 e. The van der Waals surface area contributed by atoms with Crippen LogP contribution in [0.2, 0.25) is 0 Å². The van der Waals surface area contributed by atoms with Crippen molar-refractivity contribution in [3.8, 4) is 0 Å². The van der Waals surface area contributed by atoms with Gasteiger partial charge >= 0.3 is 0 Å². The predicted octanol–water partition coefficient (Wildman–Crippen LogP) is 2.19. The lowest BCUT2D eigenvalue weighted by Gasteiger charge is -2.33.